The number of ether oxygens (including phenoxy) is 3. The van der Waals surface area contributed by atoms with Crippen molar-refractivity contribution in [2.45, 2.75) is 13.0 Å². The maximum Gasteiger partial charge on any atom is 0.342 e. The number of carbonyl (C=O) groups excluding carboxylic acids is 2. The Labute approximate surface area is 141 Å². The van der Waals surface area contributed by atoms with Crippen molar-refractivity contribution < 1.29 is 34.0 Å². The van der Waals surface area contributed by atoms with Crippen LogP contribution in [0.25, 0.3) is 0 Å². The second kappa shape index (κ2) is 6.14. The molecule has 1 aromatic heterocycles. The summed E-state index contributed by atoms with van der Waals surface area (Å²) in [4.78, 5) is 24.6. The molecule has 0 saturated heterocycles. The van der Waals surface area contributed by atoms with Crippen molar-refractivity contribution in [1.82, 2.24) is 0 Å². The van der Waals surface area contributed by atoms with Gasteiger partial charge in [0.15, 0.2) is 23.4 Å². The number of aliphatic hydroxyl groups excluding tert-OH is 1. The summed E-state index contributed by atoms with van der Waals surface area (Å²) in [6.07, 6.45) is -1.60. The third-order valence-electron chi connectivity index (χ3n) is 3.63. The summed E-state index contributed by atoms with van der Waals surface area (Å²) in [7, 11) is 1.19. The van der Waals surface area contributed by atoms with Gasteiger partial charge in [0.2, 0.25) is 6.79 Å². The Balaban J connectivity index is 1.93. The molecular formula is C16H14O7S. The SMILES string of the molecule is COC(=O)c1c(C)sc([C@H](O)C(=O)c2ccc3c(c2)OCO3)c1O. The topological polar surface area (TPSA) is 102 Å². The van der Waals surface area contributed by atoms with E-state index in [9.17, 15) is 19.8 Å². The quantitative estimate of drug-likeness (QED) is 0.644. The number of hydrogen-bond acceptors (Lipinski definition) is 8. The fourth-order valence-corrected chi connectivity index (χ4v) is 3.44. The van der Waals surface area contributed by atoms with E-state index in [1.807, 2.05) is 0 Å². The van der Waals surface area contributed by atoms with Crippen molar-refractivity contribution in [2.24, 2.45) is 0 Å². The van der Waals surface area contributed by atoms with Gasteiger partial charge in [-0.05, 0) is 25.1 Å². The second-order valence-corrected chi connectivity index (χ2v) is 6.33. The van der Waals surface area contributed by atoms with Crippen LogP contribution in [0, 0.1) is 6.92 Å². The van der Waals surface area contributed by atoms with Crippen LogP contribution in [-0.2, 0) is 4.74 Å². The minimum absolute atomic E-state index is 0.00410. The molecule has 0 saturated carbocycles. The molecule has 0 bridgehead atoms. The highest BCUT2D eigenvalue weighted by Gasteiger charge is 2.30. The Morgan fingerprint density at radius 2 is 2.00 bits per heavy atom. The number of fused-ring (bicyclic) bond motifs is 1. The van der Waals surface area contributed by atoms with Crippen molar-refractivity contribution in [2.75, 3.05) is 13.9 Å². The molecule has 7 nitrogen and oxygen atoms in total. The first-order chi connectivity index (χ1) is 11.4. The van der Waals surface area contributed by atoms with Crippen molar-refractivity contribution in [3.63, 3.8) is 0 Å². The lowest BCUT2D eigenvalue weighted by molar-refractivity contribution is 0.0595. The first kappa shape index (κ1) is 16.3. The molecule has 1 atom stereocenters. The van der Waals surface area contributed by atoms with Gasteiger partial charge in [-0.25, -0.2) is 4.79 Å². The highest BCUT2D eigenvalue weighted by atomic mass is 32.1. The molecule has 0 spiro atoms. The Morgan fingerprint density at radius 3 is 2.71 bits per heavy atom. The second-order valence-electron chi connectivity index (χ2n) is 5.07. The monoisotopic (exact) mass is 350 g/mol. The minimum atomic E-state index is -1.60. The van der Waals surface area contributed by atoms with E-state index in [2.05, 4.69) is 4.74 Å². The molecule has 2 heterocycles. The van der Waals surface area contributed by atoms with E-state index in [1.54, 1.807) is 13.0 Å². The molecule has 1 aliphatic heterocycles. The summed E-state index contributed by atoms with van der Waals surface area (Å²) in [5.41, 5.74) is 0.159. The highest BCUT2D eigenvalue weighted by molar-refractivity contribution is 7.12. The zero-order valence-corrected chi connectivity index (χ0v) is 13.7. The molecule has 2 aromatic rings. The standard InChI is InChI=1S/C16H14O7S/c1-7-11(16(20)21-2)13(18)15(24-7)14(19)12(17)8-3-4-9-10(5-8)23-6-22-9/h3-5,14,18-19H,6H2,1-2H3/t14-/m1/s1. The zero-order chi connectivity index (χ0) is 17.4. The maximum absolute atomic E-state index is 12.5. The first-order valence-corrected chi connectivity index (χ1v) is 7.78. The molecule has 8 heteroatoms. The number of aryl methyl sites for hydroxylation is 1. The van der Waals surface area contributed by atoms with Crippen LogP contribution in [0.5, 0.6) is 17.2 Å². The fourth-order valence-electron chi connectivity index (χ4n) is 2.41. The van der Waals surface area contributed by atoms with Crippen LogP contribution < -0.4 is 9.47 Å². The van der Waals surface area contributed by atoms with E-state index in [-0.39, 0.29) is 22.8 Å². The number of methoxy groups -OCH3 is 1. The van der Waals surface area contributed by atoms with E-state index in [1.165, 1.54) is 19.2 Å². The van der Waals surface area contributed by atoms with Crippen molar-refractivity contribution >= 4 is 23.1 Å². The predicted molar refractivity (Wildman–Crippen MR) is 83.9 cm³/mol. The number of hydrogen-bond donors (Lipinski definition) is 2. The summed E-state index contributed by atoms with van der Waals surface area (Å²) < 4.78 is 15.0. The molecule has 126 valence electrons. The number of aromatic hydroxyl groups is 1. The number of carbonyl (C=O) groups is 2. The van der Waals surface area contributed by atoms with E-state index in [0.29, 0.717) is 16.4 Å². The predicted octanol–water partition coefficient (Wildman–Crippen LogP) is 2.19. The Morgan fingerprint density at radius 1 is 1.29 bits per heavy atom. The lowest BCUT2D eigenvalue weighted by atomic mass is 10.0. The number of rotatable bonds is 4. The van der Waals surface area contributed by atoms with Crippen LogP contribution in [0.4, 0.5) is 0 Å². The molecule has 3 rings (SSSR count). The molecule has 0 unspecified atom stereocenters. The van der Waals surface area contributed by atoms with Gasteiger partial charge >= 0.3 is 5.97 Å². The van der Waals surface area contributed by atoms with Gasteiger partial charge in [-0.1, -0.05) is 0 Å². The Bertz CT molecular complexity index is 824. The summed E-state index contributed by atoms with van der Waals surface area (Å²) in [5.74, 6) is -0.860. The van der Waals surface area contributed by atoms with Crippen LogP contribution in [-0.4, -0.2) is 35.9 Å². The van der Waals surface area contributed by atoms with E-state index < -0.39 is 23.6 Å². The summed E-state index contributed by atoms with van der Waals surface area (Å²) in [5, 5.41) is 20.5. The number of aliphatic hydroxyl groups is 1. The van der Waals surface area contributed by atoms with Gasteiger partial charge in [0.1, 0.15) is 11.3 Å². The van der Waals surface area contributed by atoms with Crippen molar-refractivity contribution in [3.05, 3.63) is 39.1 Å². The fraction of sp³-hybridized carbons (Fsp3) is 0.250. The lowest BCUT2D eigenvalue weighted by Gasteiger charge is -2.09. The molecule has 0 aliphatic carbocycles. The smallest absolute Gasteiger partial charge is 0.342 e. The highest BCUT2D eigenvalue weighted by Crippen LogP contribution is 2.40. The average Bonchev–Trinajstić information content (AvgIpc) is 3.16. The number of Topliss-reactive ketones (excluding diaryl/α,β-unsaturated/α-hetero) is 1. The minimum Gasteiger partial charge on any atom is -0.506 e. The van der Waals surface area contributed by atoms with Crippen molar-refractivity contribution in [3.8, 4) is 17.2 Å². The first-order valence-electron chi connectivity index (χ1n) is 6.96. The third kappa shape index (κ3) is 2.59. The van der Waals surface area contributed by atoms with Crippen molar-refractivity contribution in [1.29, 1.82) is 0 Å². The molecule has 2 N–H and O–H groups in total. The molecule has 1 aliphatic rings. The van der Waals surface area contributed by atoms with Crippen LogP contribution >= 0.6 is 11.3 Å². The molecular weight excluding hydrogens is 336 g/mol. The molecule has 0 amide bonds. The van der Waals surface area contributed by atoms with Gasteiger partial charge in [0.25, 0.3) is 0 Å². The lowest BCUT2D eigenvalue weighted by Crippen LogP contribution is -2.11. The van der Waals surface area contributed by atoms with Gasteiger partial charge in [-0.3, -0.25) is 4.79 Å². The van der Waals surface area contributed by atoms with Gasteiger partial charge in [0.05, 0.1) is 12.0 Å². The number of esters is 1. The molecule has 1 aromatic carbocycles. The van der Waals surface area contributed by atoms with Gasteiger partial charge in [-0.2, -0.15) is 0 Å². The van der Waals surface area contributed by atoms with Gasteiger partial charge < -0.3 is 24.4 Å². The van der Waals surface area contributed by atoms with E-state index in [0.717, 1.165) is 11.3 Å². The average molecular weight is 350 g/mol. The molecule has 0 radical (unpaired) electrons. The largest absolute Gasteiger partial charge is 0.506 e. The number of thiophene rings is 1. The van der Waals surface area contributed by atoms with Crippen LogP contribution in [0.1, 0.15) is 36.6 Å². The van der Waals surface area contributed by atoms with Crippen LogP contribution in [0.2, 0.25) is 0 Å². The maximum atomic E-state index is 12.5. The van der Waals surface area contributed by atoms with Crippen LogP contribution in [0.15, 0.2) is 18.2 Å². The zero-order valence-electron chi connectivity index (χ0n) is 12.9. The number of ketones is 1. The van der Waals surface area contributed by atoms with Gasteiger partial charge in [0, 0.05) is 10.4 Å². The number of benzene rings is 1. The van der Waals surface area contributed by atoms with E-state index >= 15 is 0 Å². The summed E-state index contributed by atoms with van der Waals surface area (Å²) in [6, 6.07) is 4.53. The van der Waals surface area contributed by atoms with Crippen LogP contribution in [0.3, 0.4) is 0 Å². The molecule has 24 heavy (non-hydrogen) atoms. The normalized spacial score (nSPS) is 13.6. The Hall–Kier alpha value is -2.58. The Kier molecular flexibility index (Phi) is 4.16. The van der Waals surface area contributed by atoms with Gasteiger partial charge in [-0.15, -0.1) is 11.3 Å². The summed E-state index contributed by atoms with van der Waals surface area (Å²) in [6.45, 7) is 1.67. The third-order valence-corrected chi connectivity index (χ3v) is 4.78. The molecule has 0 fully saturated rings. The summed E-state index contributed by atoms with van der Waals surface area (Å²) >= 11 is 0.964. The van der Waals surface area contributed by atoms with E-state index in [4.69, 9.17) is 9.47 Å².